The Hall–Kier alpha value is -0.870. The molecule has 0 spiro atoms. The molecule has 3 fully saturated rings. The minimum absolute atomic E-state index is 0.0496. The zero-order chi connectivity index (χ0) is 28.9. The monoisotopic (exact) mass is 556 g/mol. The molecule has 9 atom stereocenters. The number of rotatable bonds is 14. The Kier molecular flexibility index (Phi) is 11.3. The maximum absolute atomic E-state index is 12.9. The second kappa shape index (κ2) is 14.1. The lowest BCUT2D eigenvalue weighted by molar-refractivity contribution is -0.153. The summed E-state index contributed by atoms with van der Waals surface area (Å²) in [6.07, 6.45) is 21.5. The fourth-order valence-corrected chi connectivity index (χ4v) is 10.0. The van der Waals surface area contributed by atoms with Gasteiger partial charge in [0.25, 0.3) is 0 Å². The Balaban J connectivity index is 1.31. The van der Waals surface area contributed by atoms with E-state index < -0.39 is 0 Å². The molecular weight excluding hydrogens is 492 g/mol. The number of allylic oxidation sites excluding steroid dienone is 1. The molecule has 0 radical (unpaired) electrons. The van der Waals surface area contributed by atoms with Crippen LogP contribution in [-0.2, 0) is 9.53 Å². The van der Waals surface area contributed by atoms with Gasteiger partial charge in [0.1, 0.15) is 12.1 Å². The van der Waals surface area contributed by atoms with Crippen molar-refractivity contribution in [3.8, 4) is 0 Å². The summed E-state index contributed by atoms with van der Waals surface area (Å²) in [5.74, 6) is 5.12. The van der Waals surface area contributed by atoms with Gasteiger partial charge < -0.3 is 15.8 Å². The van der Waals surface area contributed by atoms with Gasteiger partial charge in [-0.05, 0) is 124 Å². The summed E-state index contributed by atoms with van der Waals surface area (Å²) < 4.78 is 6.09. The summed E-state index contributed by atoms with van der Waals surface area (Å²) in [7, 11) is 0. The molecule has 0 aromatic rings. The highest BCUT2D eigenvalue weighted by Crippen LogP contribution is 2.67. The van der Waals surface area contributed by atoms with Gasteiger partial charge in [0.15, 0.2) is 0 Å². The zero-order valence-corrected chi connectivity index (χ0v) is 27.1. The van der Waals surface area contributed by atoms with Crippen molar-refractivity contribution in [1.82, 2.24) is 5.32 Å². The summed E-state index contributed by atoms with van der Waals surface area (Å²) in [4.78, 5) is 12.9. The van der Waals surface area contributed by atoms with Crippen LogP contribution in [0.15, 0.2) is 11.6 Å². The lowest BCUT2D eigenvalue weighted by atomic mass is 9.47. The molecule has 4 aliphatic rings. The van der Waals surface area contributed by atoms with Crippen molar-refractivity contribution in [2.24, 2.45) is 52.1 Å². The van der Waals surface area contributed by atoms with E-state index in [0.717, 1.165) is 74.3 Å². The fraction of sp³-hybridized carbons (Fsp3) is 0.917. The maximum Gasteiger partial charge on any atom is 0.323 e. The smallest absolute Gasteiger partial charge is 0.323 e. The third-order valence-electron chi connectivity index (χ3n) is 12.5. The van der Waals surface area contributed by atoms with E-state index in [9.17, 15) is 4.79 Å². The average molecular weight is 557 g/mol. The first kappa shape index (κ1) is 32.1. The van der Waals surface area contributed by atoms with E-state index in [1.807, 2.05) is 6.92 Å². The van der Waals surface area contributed by atoms with Crippen LogP contribution in [0.25, 0.3) is 0 Å². The molecule has 0 heterocycles. The predicted molar refractivity (Wildman–Crippen MR) is 168 cm³/mol. The lowest BCUT2D eigenvalue weighted by Gasteiger charge is -2.58. The van der Waals surface area contributed by atoms with E-state index in [1.54, 1.807) is 5.57 Å². The highest BCUT2D eigenvalue weighted by atomic mass is 16.5. The van der Waals surface area contributed by atoms with Gasteiger partial charge in [0.05, 0.1) is 0 Å². The number of fused-ring (bicyclic) bond motifs is 5. The lowest BCUT2D eigenvalue weighted by Crippen LogP contribution is -2.51. The summed E-state index contributed by atoms with van der Waals surface area (Å²) in [5.41, 5.74) is 8.04. The Labute approximate surface area is 247 Å². The minimum Gasteiger partial charge on any atom is -0.461 e. The van der Waals surface area contributed by atoms with Crippen LogP contribution in [0.3, 0.4) is 0 Å². The number of carbonyl (C=O) groups is 1. The van der Waals surface area contributed by atoms with Crippen molar-refractivity contribution < 1.29 is 9.53 Å². The molecule has 40 heavy (non-hydrogen) atoms. The first-order valence-corrected chi connectivity index (χ1v) is 17.4. The largest absolute Gasteiger partial charge is 0.461 e. The maximum atomic E-state index is 12.9. The molecular formula is C36H64N2O2. The van der Waals surface area contributed by atoms with Gasteiger partial charge in [-0.2, -0.15) is 0 Å². The first-order valence-electron chi connectivity index (χ1n) is 17.4. The summed E-state index contributed by atoms with van der Waals surface area (Å²) in [6.45, 7) is 16.2. The van der Waals surface area contributed by atoms with Crippen LogP contribution in [0.4, 0.5) is 0 Å². The zero-order valence-electron chi connectivity index (χ0n) is 27.1. The van der Waals surface area contributed by atoms with Crippen LogP contribution in [-0.4, -0.2) is 31.2 Å². The van der Waals surface area contributed by atoms with Gasteiger partial charge >= 0.3 is 5.97 Å². The van der Waals surface area contributed by atoms with E-state index in [1.165, 1.54) is 70.6 Å². The van der Waals surface area contributed by atoms with Gasteiger partial charge in [0, 0.05) is 6.42 Å². The highest BCUT2D eigenvalue weighted by molar-refractivity contribution is 5.75. The summed E-state index contributed by atoms with van der Waals surface area (Å²) in [5, 5.41) is 3.38. The Morgan fingerprint density at radius 1 is 0.975 bits per heavy atom. The van der Waals surface area contributed by atoms with E-state index in [4.69, 9.17) is 10.5 Å². The third-order valence-corrected chi connectivity index (χ3v) is 12.5. The SMILES string of the molecule is CC(C)CCC[C@@H](C)[C@H]1CC[C@H]2[C@@H]3CC=C4C[C@@H](OC(=O)[C@H](C)NCCCCCCN)CC[C@]4(C)[C@H]3CC[C@]12C. The van der Waals surface area contributed by atoms with Gasteiger partial charge in [-0.3, -0.25) is 4.79 Å². The van der Waals surface area contributed by atoms with Gasteiger partial charge in [-0.25, -0.2) is 0 Å². The molecule has 0 bridgehead atoms. The number of ether oxygens (including phenoxy) is 1. The summed E-state index contributed by atoms with van der Waals surface area (Å²) >= 11 is 0. The van der Waals surface area contributed by atoms with Crippen LogP contribution >= 0.6 is 0 Å². The van der Waals surface area contributed by atoms with E-state index in [-0.39, 0.29) is 18.1 Å². The predicted octanol–water partition coefficient (Wildman–Crippen LogP) is 8.44. The van der Waals surface area contributed by atoms with Gasteiger partial charge in [-0.15, -0.1) is 0 Å². The standard InChI is InChI=1S/C36H64N2O2/c1-25(2)12-11-13-26(3)31-16-17-32-30-15-14-28-24-29(18-20-35(28,5)33(30)19-21-36(31,32)6)40-34(39)27(4)38-23-10-8-7-9-22-37/h14,25-27,29-33,38H,7-13,15-24,37H2,1-6H3/t26-,27+,29+,30+,31-,32+,33+,35+,36-/m1/s1. The van der Waals surface area contributed by atoms with Crippen LogP contribution in [0.5, 0.6) is 0 Å². The molecule has 0 aliphatic heterocycles. The third kappa shape index (κ3) is 7.01. The Bertz CT molecular complexity index is 854. The topological polar surface area (TPSA) is 64.3 Å². The molecule has 0 amide bonds. The normalized spacial score (nSPS) is 36.8. The van der Waals surface area contributed by atoms with Crippen LogP contribution in [0.1, 0.15) is 138 Å². The van der Waals surface area contributed by atoms with Crippen molar-refractivity contribution in [2.45, 2.75) is 150 Å². The Morgan fingerprint density at radius 3 is 2.50 bits per heavy atom. The number of unbranched alkanes of at least 4 members (excludes halogenated alkanes) is 3. The number of nitrogens with one attached hydrogen (secondary N) is 1. The first-order chi connectivity index (χ1) is 19.1. The molecule has 0 unspecified atom stereocenters. The second-order valence-electron chi connectivity index (χ2n) is 15.5. The molecule has 4 heteroatoms. The molecule has 0 saturated heterocycles. The molecule has 4 rings (SSSR count). The second-order valence-corrected chi connectivity index (χ2v) is 15.5. The quantitative estimate of drug-likeness (QED) is 0.128. The minimum atomic E-state index is -0.230. The van der Waals surface area contributed by atoms with E-state index in [0.29, 0.717) is 10.8 Å². The number of esters is 1. The van der Waals surface area contributed by atoms with Gasteiger partial charge in [0.2, 0.25) is 0 Å². The van der Waals surface area contributed by atoms with Crippen molar-refractivity contribution >= 4 is 5.97 Å². The fourth-order valence-electron chi connectivity index (χ4n) is 10.0. The van der Waals surface area contributed by atoms with E-state index in [2.05, 4.69) is 46.0 Å². The van der Waals surface area contributed by atoms with Crippen LogP contribution in [0.2, 0.25) is 0 Å². The number of hydrogen-bond donors (Lipinski definition) is 2. The molecule has 4 aliphatic carbocycles. The molecule has 230 valence electrons. The number of carbonyl (C=O) groups excluding carboxylic acids is 1. The van der Waals surface area contributed by atoms with Crippen molar-refractivity contribution in [3.63, 3.8) is 0 Å². The average Bonchev–Trinajstić information content (AvgIpc) is 3.27. The Morgan fingerprint density at radius 2 is 1.75 bits per heavy atom. The van der Waals surface area contributed by atoms with Crippen molar-refractivity contribution in [3.05, 3.63) is 11.6 Å². The van der Waals surface area contributed by atoms with E-state index >= 15 is 0 Å². The molecule has 4 nitrogen and oxygen atoms in total. The van der Waals surface area contributed by atoms with Crippen molar-refractivity contribution in [1.29, 1.82) is 0 Å². The number of hydrogen-bond acceptors (Lipinski definition) is 4. The molecule has 3 N–H and O–H groups in total. The van der Waals surface area contributed by atoms with Crippen molar-refractivity contribution in [2.75, 3.05) is 13.1 Å². The molecule has 0 aromatic carbocycles. The molecule has 0 aromatic heterocycles. The van der Waals surface area contributed by atoms with Crippen LogP contribution in [0, 0.1) is 46.3 Å². The summed E-state index contributed by atoms with van der Waals surface area (Å²) in [6, 6.07) is -0.230. The molecule has 3 saturated carbocycles. The highest BCUT2D eigenvalue weighted by Gasteiger charge is 2.59. The van der Waals surface area contributed by atoms with Gasteiger partial charge in [-0.1, -0.05) is 78.4 Å². The number of nitrogens with two attached hydrogens (primary N) is 1. The van der Waals surface area contributed by atoms with Crippen LogP contribution < -0.4 is 11.1 Å².